The maximum atomic E-state index is 9.37. The van der Waals surface area contributed by atoms with E-state index in [1.165, 1.54) is 57.8 Å². The Morgan fingerprint density at radius 3 is 2.31 bits per heavy atom. The highest BCUT2D eigenvalue weighted by Crippen LogP contribution is 2.41. The summed E-state index contributed by atoms with van der Waals surface area (Å²) >= 11 is 0. The zero-order chi connectivity index (χ0) is 9.57. The van der Waals surface area contributed by atoms with E-state index < -0.39 is 0 Å². The first kappa shape index (κ1) is 11.0. The van der Waals surface area contributed by atoms with E-state index in [9.17, 15) is 5.11 Å². The number of hydrogen-bond acceptors (Lipinski definition) is 1. The molecule has 0 aromatic carbocycles. The molecule has 1 N–H and O–H groups in total. The Kier molecular flexibility index (Phi) is 4.79. The van der Waals surface area contributed by atoms with Crippen LogP contribution >= 0.6 is 0 Å². The summed E-state index contributed by atoms with van der Waals surface area (Å²) in [6.07, 6.45) is 11.9. The summed E-state index contributed by atoms with van der Waals surface area (Å²) in [6.45, 7) is 2.68. The van der Waals surface area contributed by atoms with Crippen molar-refractivity contribution in [3.05, 3.63) is 0 Å². The zero-order valence-electron chi connectivity index (χ0n) is 9.02. The van der Waals surface area contributed by atoms with Crippen molar-refractivity contribution in [3.8, 4) is 0 Å². The van der Waals surface area contributed by atoms with Crippen LogP contribution in [0.5, 0.6) is 0 Å². The van der Waals surface area contributed by atoms with E-state index in [0.29, 0.717) is 12.0 Å². The largest absolute Gasteiger partial charge is 0.396 e. The molecule has 78 valence electrons. The molecule has 1 aliphatic carbocycles. The highest BCUT2D eigenvalue weighted by molar-refractivity contribution is 4.83. The highest BCUT2D eigenvalue weighted by atomic mass is 16.3. The van der Waals surface area contributed by atoms with Gasteiger partial charge in [-0.1, -0.05) is 45.4 Å². The summed E-state index contributed by atoms with van der Waals surface area (Å²) in [5.41, 5.74) is 0.341. The second-order valence-corrected chi connectivity index (χ2v) is 4.68. The third-order valence-electron chi connectivity index (χ3n) is 3.56. The van der Waals surface area contributed by atoms with E-state index in [1.807, 2.05) is 0 Å². The number of hydrogen-bond donors (Lipinski definition) is 1. The van der Waals surface area contributed by atoms with Gasteiger partial charge in [0.1, 0.15) is 0 Å². The van der Waals surface area contributed by atoms with E-state index in [1.54, 1.807) is 0 Å². The smallest absolute Gasteiger partial charge is 0.0487 e. The molecule has 0 saturated heterocycles. The van der Waals surface area contributed by atoms with Crippen molar-refractivity contribution >= 4 is 0 Å². The second kappa shape index (κ2) is 5.64. The molecule has 0 unspecified atom stereocenters. The van der Waals surface area contributed by atoms with Gasteiger partial charge in [-0.3, -0.25) is 0 Å². The van der Waals surface area contributed by atoms with Crippen molar-refractivity contribution in [2.45, 2.75) is 64.7 Å². The molecule has 0 atom stereocenters. The summed E-state index contributed by atoms with van der Waals surface area (Å²) in [5.74, 6) is 0. The van der Waals surface area contributed by atoms with Crippen molar-refractivity contribution in [2.24, 2.45) is 5.41 Å². The van der Waals surface area contributed by atoms with Gasteiger partial charge in [0.15, 0.2) is 0 Å². The molecule has 0 bridgehead atoms. The fourth-order valence-corrected chi connectivity index (χ4v) is 2.54. The summed E-state index contributed by atoms with van der Waals surface area (Å²) in [5, 5.41) is 9.37. The monoisotopic (exact) mass is 184 g/mol. The summed E-state index contributed by atoms with van der Waals surface area (Å²) in [7, 11) is 0. The van der Waals surface area contributed by atoms with Crippen LogP contribution in [-0.2, 0) is 0 Å². The van der Waals surface area contributed by atoms with Crippen molar-refractivity contribution in [1.82, 2.24) is 0 Å². The Bertz CT molecular complexity index is 125. The maximum absolute atomic E-state index is 9.37. The average molecular weight is 184 g/mol. The van der Waals surface area contributed by atoms with Gasteiger partial charge < -0.3 is 5.11 Å². The van der Waals surface area contributed by atoms with Gasteiger partial charge in [0.2, 0.25) is 0 Å². The lowest BCUT2D eigenvalue weighted by molar-refractivity contribution is 0.117. The van der Waals surface area contributed by atoms with Gasteiger partial charge in [0.25, 0.3) is 0 Å². The number of aliphatic hydroxyl groups is 1. The fourth-order valence-electron chi connectivity index (χ4n) is 2.54. The first-order valence-corrected chi connectivity index (χ1v) is 5.94. The Morgan fingerprint density at radius 1 is 1.08 bits per heavy atom. The van der Waals surface area contributed by atoms with E-state index in [4.69, 9.17) is 0 Å². The lowest BCUT2D eigenvalue weighted by Gasteiger charge is -2.26. The molecular formula is C12H24O. The van der Waals surface area contributed by atoms with Crippen molar-refractivity contribution in [1.29, 1.82) is 0 Å². The number of aliphatic hydroxyl groups excluding tert-OH is 1. The van der Waals surface area contributed by atoms with Crippen LogP contribution in [0.4, 0.5) is 0 Å². The topological polar surface area (TPSA) is 20.2 Å². The van der Waals surface area contributed by atoms with Gasteiger partial charge in [-0.2, -0.15) is 0 Å². The molecular weight excluding hydrogens is 160 g/mol. The van der Waals surface area contributed by atoms with Gasteiger partial charge in [0, 0.05) is 6.61 Å². The van der Waals surface area contributed by atoms with Gasteiger partial charge in [0.05, 0.1) is 0 Å². The van der Waals surface area contributed by atoms with Gasteiger partial charge in [-0.15, -0.1) is 0 Å². The van der Waals surface area contributed by atoms with E-state index in [-0.39, 0.29) is 0 Å². The van der Waals surface area contributed by atoms with Crippen LogP contribution in [0.2, 0.25) is 0 Å². The molecule has 1 fully saturated rings. The molecule has 13 heavy (non-hydrogen) atoms. The normalized spacial score (nSPS) is 20.8. The maximum Gasteiger partial charge on any atom is 0.0487 e. The summed E-state index contributed by atoms with van der Waals surface area (Å²) in [4.78, 5) is 0. The van der Waals surface area contributed by atoms with Crippen LogP contribution in [-0.4, -0.2) is 11.7 Å². The van der Waals surface area contributed by atoms with Gasteiger partial charge in [-0.05, 0) is 24.7 Å². The molecule has 1 rings (SSSR count). The molecule has 1 nitrogen and oxygen atoms in total. The number of unbranched alkanes of at least 4 members (excludes halogenated alkanes) is 3. The van der Waals surface area contributed by atoms with Crippen LogP contribution in [0.3, 0.4) is 0 Å². The van der Waals surface area contributed by atoms with Crippen molar-refractivity contribution in [3.63, 3.8) is 0 Å². The molecule has 0 radical (unpaired) electrons. The minimum atomic E-state index is 0.341. The van der Waals surface area contributed by atoms with Crippen LogP contribution in [0, 0.1) is 5.41 Å². The van der Waals surface area contributed by atoms with Crippen LogP contribution in [0.1, 0.15) is 64.7 Å². The standard InChI is InChI=1S/C12H24O/c1-2-3-4-5-8-12(11-13)9-6-7-10-12/h13H,2-11H2,1H3. The molecule has 1 heteroatoms. The SMILES string of the molecule is CCCCCCC1(CO)CCCC1. The van der Waals surface area contributed by atoms with Crippen LogP contribution in [0.15, 0.2) is 0 Å². The van der Waals surface area contributed by atoms with Gasteiger partial charge >= 0.3 is 0 Å². The Hall–Kier alpha value is -0.0400. The highest BCUT2D eigenvalue weighted by Gasteiger charge is 2.32. The molecule has 0 aromatic heterocycles. The lowest BCUT2D eigenvalue weighted by atomic mass is 9.82. The second-order valence-electron chi connectivity index (χ2n) is 4.68. The summed E-state index contributed by atoms with van der Waals surface area (Å²) < 4.78 is 0. The first-order chi connectivity index (χ1) is 6.33. The minimum absolute atomic E-state index is 0.341. The summed E-state index contributed by atoms with van der Waals surface area (Å²) in [6, 6.07) is 0. The molecule has 0 aliphatic heterocycles. The van der Waals surface area contributed by atoms with Crippen LogP contribution in [0.25, 0.3) is 0 Å². The average Bonchev–Trinajstić information content (AvgIpc) is 2.62. The van der Waals surface area contributed by atoms with Crippen molar-refractivity contribution in [2.75, 3.05) is 6.61 Å². The quantitative estimate of drug-likeness (QED) is 0.626. The Labute approximate surface area is 82.5 Å². The predicted octanol–water partition coefficient (Wildman–Crippen LogP) is 3.51. The van der Waals surface area contributed by atoms with Crippen LogP contribution < -0.4 is 0 Å². The van der Waals surface area contributed by atoms with Crippen molar-refractivity contribution < 1.29 is 5.11 Å². The van der Waals surface area contributed by atoms with E-state index in [0.717, 1.165) is 0 Å². The lowest BCUT2D eigenvalue weighted by Crippen LogP contribution is -2.21. The third-order valence-corrected chi connectivity index (χ3v) is 3.56. The first-order valence-electron chi connectivity index (χ1n) is 5.94. The number of rotatable bonds is 6. The molecule has 1 saturated carbocycles. The predicted molar refractivity (Wildman–Crippen MR) is 56.7 cm³/mol. The fraction of sp³-hybridized carbons (Fsp3) is 1.00. The Balaban J connectivity index is 2.16. The van der Waals surface area contributed by atoms with E-state index >= 15 is 0 Å². The molecule has 1 aliphatic rings. The molecule has 0 aromatic rings. The third kappa shape index (κ3) is 3.30. The molecule has 0 amide bonds. The minimum Gasteiger partial charge on any atom is -0.396 e. The molecule has 0 spiro atoms. The Morgan fingerprint density at radius 2 is 1.77 bits per heavy atom. The van der Waals surface area contributed by atoms with Gasteiger partial charge in [-0.25, -0.2) is 0 Å². The molecule has 0 heterocycles. The zero-order valence-corrected chi connectivity index (χ0v) is 9.02. The van der Waals surface area contributed by atoms with E-state index in [2.05, 4.69) is 6.92 Å².